The molecule has 0 heterocycles. The monoisotopic (exact) mass is 174 g/mol. The Morgan fingerprint density at radius 2 is 1.08 bits per heavy atom. The molecule has 0 heteroatoms. The highest BCUT2D eigenvalue weighted by Crippen LogP contribution is 1.87. The van der Waals surface area contributed by atoms with Crippen molar-refractivity contribution >= 4 is 0 Å². The van der Waals surface area contributed by atoms with E-state index in [9.17, 15) is 0 Å². The molecule has 0 nitrogen and oxygen atoms in total. The summed E-state index contributed by atoms with van der Waals surface area (Å²) in [5.74, 6) is 0.648. The Morgan fingerprint density at radius 3 is 1.08 bits per heavy atom. The highest BCUT2D eigenvalue weighted by atomic mass is 13.8. The van der Waals surface area contributed by atoms with Gasteiger partial charge in [0.1, 0.15) is 0 Å². The van der Waals surface area contributed by atoms with E-state index in [1.807, 2.05) is 33.8 Å². The first kappa shape index (κ1) is 22.6. The van der Waals surface area contributed by atoms with Crippen LogP contribution in [0.2, 0.25) is 0 Å². The molecule has 0 aromatic heterocycles. The fraction of sp³-hybridized carbons (Fsp3) is 0.833. The maximum Gasteiger partial charge on any atom is -0.0293 e. The Labute approximate surface area is 81.1 Å². The van der Waals surface area contributed by atoms with Crippen molar-refractivity contribution in [3.05, 3.63) is 12.7 Å². The average molecular weight is 174 g/mol. The summed E-state index contributed by atoms with van der Waals surface area (Å²) in [6.45, 7) is 20.0. The molecule has 12 heavy (non-hydrogen) atoms. The van der Waals surface area contributed by atoms with Crippen LogP contribution in [0.15, 0.2) is 12.7 Å². The van der Waals surface area contributed by atoms with Crippen LogP contribution >= 0.6 is 0 Å². The fourth-order valence-corrected chi connectivity index (χ4v) is 0. The Kier molecular flexibility index (Phi) is 85.4. The predicted octanol–water partition coefficient (Wildman–Crippen LogP) is 5.30. The van der Waals surface area contributed by atoms with Crippen LogP contribution in [0.5, 0.6) is 0 Å². The van der Waals surface area contributed by atoms with Crippen LogP contribution in [0, 0.1) is 5.92 Å². The highest BCUT2D eigenvalue weighted by Gasteiger charge is 1.73. The van der Waals surface area contributed by atoms with Crippen molar-refractivity contribution in [3.63, 3.8) is 0 Å². The van der Waals surface area contributed by atoms with E-state index in [-0.39, 0.29) is 0 Å². The van der Waals surface area contributed by atoms with Crippen molar-refractivity contribution < 1.29 is 0 Å². The van der Waals surface area contributed by atoms with E-state index in [0.29, 0.717) is 5.92 Å². The van der Waals surface area contributed by atoms with Gasteiger partial charge in [-0.2, -0.15) is 0 Å². The Hall–Kier alpha value is -0.260. The molecule has 0 spiro atoms. The Morgan fingerprint density at radius 1 is 1.00 bits per heavy atom. The second kappa shape index (κ2) is 45.3. The van der Waals surface area contributed by atoms with Crippen LogP contribution in [0.3, 0.4) is 0 Å². The molecule has 0 amide bonds. The third kappa shape index (κ3) is 246. The molecule has 0 aromatic rings. The van der Waals surface area contributed by atoms with Gasteiger partial charge in [-0.25, -0.2) is 0 Å². The summed E-state index contributed by atoms with van der Waals surface area (Å²) in [7, 11) is 0. The van der Waals surface area contributed by atoms with Crippen molar-refractivity contribution in [2.75, 3.05) is 0 Å². The predicted molar refractivity (Wildman–Crippen MR) is 63.7 cm³/mol. The maximum absolute atomic E-state index is 3.56. The minimum atomic E-state index is 0.648. The van der Waals surface area contributed by atoms with E-state index in [4.69, 9.17) is 0 Å². The van der Waals surface area contributed by atoms with Gasteiger partial charge in [-0.15, -0.1) is 6.58 Å². The van der Waals surface area contributed by atoms with E-state index in [1.54, 1.807) is 0 Å². The van der Waals surface area contributed by atoms with E-state index in [1.165, 1.54) is 6.42 Å². The van der Waals surface area contributed by atoms with Crippen LogP contribution in [0.4, 0.5) is 0 Å². The van der Waals surface area contributed by atoms with E-state index < -0.39 is 0 Å². The number of rotatable bonds is 1. The standard InChI is InChI=1S/C5H10.C3H8.2C2H6/c1-4-5(2)3;1-3-2;2*1-2/h4-5H,1H2,2-3H3;3H2,1-2H3;2*1-2H3. The molecule has 0 radical (unpaired) electrons. The van der Waals surface area contributed by atoms with Gasteiger partial charge in [-0.3, -0.25) is 0 Å². The largest absolute Gasteiger partial charge is 0.103 e. The van der Waals surface area contributed by atoms with Gasteiger partial charge in [-0.1, -0.05) is 67.9 Å². The topological polar surface area (TPSA) is 0 Å². The fourth-order valence-electron chi connectivity index (χ4n) is 0. The number of allylic oxidation sites excluding steroid dienone is 1. The second-order valence-electron chi connectivity index (χ2n) is 2.19. The zero-order valence-corrected chi connectivity index (χ0v) is 10.6. The van der Waals surface area contributed by atoms with E-state index in [0.717, 1.165) is 0 Å². The highest BCUT2D eigenvalue weighted by molar-refractivity contribution is 4.69. The third-order valence-corrected chi connectivity index (χ3v) is 0.471. The van der Waals surface area contributed by atoms with E-state index >= 15 is 0 Å². The lowest BCUT2D eigenvalue weighted by atomic mass is 10.2. The smallest absolute Gasteiger partial charge is 0.0293 e. The number of hydrogen-bond donors (Lipinski definition) is 0. The van der Waals surface area contributed by atoms with Crippen molar-refractivity contribution in [2.45, 2.75) is 61.8 Å². The van der Waals surface area contributed by atoms with E-state index in [2.05, 4.69) is 34.3 Å². The van der Waals surface area contributed by atoms with Crippen molar-refractivity contribution in [1.82, 2.24) is 0 Å². The summed E-state index contributed by atoms with van der Waals surface area (Å²) < 4.78 is 0. The van der Waals surface area contributed by atoms with Gasteiger partial charge in [-0.05, 0) is 5.92 Å². The van der Waals surface area contributed by atoms with Crippen molar-refractivity contribution in [2.24, 2.45) is 5.92 Å². The molecule has 0 aromatic carbocycles. The molecular weight excluding hydrogens is 144 g/mol. The zero-order valence-electron chi connectivity index (χ0n) is 10.6. The van der Waals surface area contributed by atoms with Gasteiger partial charge in [0.05, 0.1) is 0 Å². The molecule has 0 saturated heterocycles. The quantitative estimate of drug-likeness (QED) is 0.473. The van der Waals surface area contributed by atoms with Crippen LogP contribution in [-0.4, -0.2) is 0 Å². The summed E-state index contributed by atoms with van der Waals surface area (Å²) in [5.41, 5.74) is 0. The van der Waals surface area contributed by atoms with Gasteiger partial charge in [0.25, 0.3) is 0 Å². The van der Waals surface area contributed by atoms with Crippen LogP contribution in [-0.2, 0) is 0 Å². The molecule has 0 aliphatic carbocycles. The molecule has 0 saturated carbocycles. The Balaban J connectivity index is -0.0000000397. The Bertz CT molecular complexity index is 35.3. The van der Waals surface area contributed by atoms with Gasteiger partial charge in [0.2, 0.25) is 0 Å². The average Bonchev–Trinajstić information content (AvgIpc) is 2.13. The molecule has 0 bridgehead atoms. The molecule has 78 valence electrons. The van der Waals surface area contributed by atoms with Crippen molar-refractivity contribution in [3.8, 4) is 0 Å². The van der Waals surface area contributed by atoms with Crippen molar-refractivity contribution in [1.29, 1.82) is 0 Å². The van der Waals surface area contributed by atoms with Gasteiger partial charge in [0.15, 0.2) is 0 Å². The molecule has 0 aliphatic rings. The SMILES string of the molecule is C=CC(C)C.CC.CC.CCC. The molecule has 0 atom stereocenters. The lowest BCUT2D eigenvalue weighted by Crippen LogP contribution is -1.71. The van der Waals surface area contributed by atoms with Crippen LogP contribution in [0.25, 0.3) is 0 Å². The summed E-state index contributed by atoms with van der Waals surface area (Å²) in [5, 5.41) is 0. The first-order valence-corrected chi connectivity index (χ1v) is 5.31. The third-order valence-electron chi connectivity index (χ3n) is 0.471. The summed E-state index contributed by atoms with van der Waals surface area (Å²) in [4.78, 5) is 0. The molecule has 0 fully saturated rings. The molecule has 0 rings (SSSR count). The second-order valence-corrected chi connectivity index (χ2v) is 2.19. The van der Waals surface area contributed by atoms with Gasteiger partial charge >= 0.3 is 0 Å². The molecule has 0 N–H and O–H groups in total. The van der Waals surface area contributed by atoms with Gasteiger partial charge < -0.3 is 0 Å². The van der Waals surface area contributed by atoms with Crippen LogP contribution in [0.1, 0.15) is 61.8 Å². The minimum Gasteiger partial charge on any atom is -0.103 e. The van der Waals surface area contributed by atoms with Gasteiger partial charge in [0, 0.05) is 0 Å². The molecule has 0 unspecified atom stereocenters. The normalized spacial score (nSPS) is 6.08. The first-order chi connectivity index (χ1) is 5.68. The lowest BCUT2D eigenvalue weighted by Gasteiger charge is -1.84. The van der Waals surface area contributed by atoms with Crippen LogP contribution < -0.4 is 0 Å². The summed E-state index contributed by atoms with van der Waals surface area (Å²) in [6.07, 6.45) is 3.17. The summed E-state index contributed by atoms with van der Waals surface area (Å²) in [6, 6.07) is 0. The maximum atomic E-state index is 3.56. The lowest BCUT2D eigenvalue weighted by molar-refractivity contribution is 0.835. The minimum absolute atomic E-state index is 0.648. The molecular formula is C12H30. The molecule has 0 aliphatic heterocycles. The number of hydrogen-bond acceptors (Lipinski definition) is 0. The zero-order chi connectivity index (χ0) is 11.0. The first-order valence-electron chi connectivity index (χ1n) is 5.31. The summed E-state index contributed by atoms with van der Waals surface area (Å²) >= 11 is 0.